The Kier molecular flexibility index (Phi) is 4.23. The van der Waals surface area contributed by atoms with E-state index >= 15 is 0 Å². The Hall–Kier alpha value is -0.940. The molecule has 84 valence electrons. The third kappa shape index (κ3) is 3.28. The zero-order valence-electron chi connectivity index (χ0n) is 9.50. The van der Waals surface area contributed by atoms with Crippen LogP contribution in [0, 0.1) is 5.41 Å². The number of thiazole rings is 1. The first-order chi connectivity index (χ1) is 7.04. The van der Waals surface area contributed by atoms with Gasteiger partial charge in [0.15, 0.2) is 0 Å². The molecule has 0 spiro atoms. The Morgan fingerprint density at radius 2 is 2.20 bits per heavy atom. The monoisotopic (exact) mass is 226 g/mol. The highest BCUT2D eigenvalue weighted by atomic mass is 32.1. The molecule has 0 radical (unpaired) electrons. The minimum atomic E-state index is 0.140. The van der Waals surface area contributed by atoms with E-state index in [1.54, 1.807) is 0 Å². The van der Waals surface area contributed by atoms with Crippen LogP contribution in [0.1, 0.15) is 28.9 Å². The number of nitrogen functional groups attached to an aromatic ring is 1. The Morgan fingerprint density at radius 3 is 2.67 bits per heavy atom. The van der Waals surface area contributed by atoms with Crippen molar-refractivity contribution in [1.29, 1.82) is 5.41 Å². The van der Waals surface area contributed by atoms with Crippen molar-refractivity contribution in [3.8, 4) is 0 Å². The number of nitrogens with two attached hydrogens (primary N) is 1. The van der Waals surface area contributed by atoms with Crippen molar-refractivity contribution in [2.75, 3.05) is 14.1 Å². The van der Waals surface area contributed by atoms with Gasteiger partial charge in [-0.2, -0.15) is 0 Å². The zero-order chi connectivity index (χ0) is 11.4. The van der Waals surface area contributed by atoms with Gasteiger partial charge < -0.3 is 10.6 Å². The lowest BCUT2D eigenvalue weighted by Crippen LogP contribution is -2.11. The van der Waals surface area contributed by atoms with Crippen molar-refractivity contribution in [3.05, 3.63) is 15.6 Å². The largest absolute Gasteiger partial charge is 0.383 e. The van der Waals surface area contributed by atoms with E-state index in [0.717, 1.165) is 35.0 Å². The van der Waals surface area contributed by atoms with Crippen molar-refractivity contribution in [2.45, 2.75) is 26.3 Å². The van der Waals surface area contributed by atoms with E-state index in [2.05, 4.69) is 16.8 Å². The highest BCUT2D eigenvalue weighted by molar-refractivity contribution is 7.13. The molecule has 0 fully saturated rings. The predicted octanol–water partition coefficient (Wildman–Crippen LogP) is 1.44. The van der Waals surface area contributed by atoms with Crippen LogP contribution in [-0.4, -0.2) is 29.8 Å². The summed E-state index contributed by atoms with van der Waals surface area (Å²) < 4.78 is 0. The van der Waals surface area contributed by atoms with Gasteiger partial charge in [-0.25, -0.2) is 4.98 Å². The fourth-order valence-electron chi connectivity index (χ4n) is 1.36. The van der Waals surface area contributed by atoms with Gasteiger partial charge in [0.1, 0.15) is 10.8 Å². The molecular weight excluding hydrogens is 208 g/mol. The number of nitrogens with zero attached hydrogens (tertiary/aromatic N) is 2. The number of rotatable bonds is 5. The highest BCUT2D eigenvalue weighted by Crippen LogP contribution is 2.20. The molecule has 15 heavy (non-hydrogen) atoms. The summed E-state index contributed by atoms with van der Waals surface area (Å²) >= 11 is 1.53. The van der Waals surface area contributed by atoms with Crippen molar-refractivity contribution in [2.24, 2.45) is 5.73 Å². The molecule has 0 aliphatic carbocycles. The van der Waals surface area contributed by atoms with Crippen molar-refractivity contribution >= 4 is 17.2 Å². The van der Waals surface area contributed by atoms with Gasteiger partial charge >= 0.3 is 0 Å². The molecule has 0 saturated heterocycles. The maximum atomic E-state index is 7.49. The summed E-state index contributed by atoms with van der Waals surface area (Å²) in [6.45, 7) is 2.92. The van der Waals surface area contributed by atoms with Gasteiger partial charge in [0.2, 0.25) is 0 Å². The molecule has 0 amide bonds. The molecule has 1 heterocycles. The van der Waals surface area contributed by atoms with Gasteiger partial charge in [-0.05, 0) is 20.5 Å². The maximum absolute atomic E-state index is 7.49. The Balaban J connectivity index is 2.93. The smallest absolute Gasteiger partial charge is 0.135 e. The summed E-state index contributed by atoms with van der Waals surface area (Å²) in [5, 5.41) is 8.52. The molecule has 4 nitrogen and oxygen atoms in total. The summed E-state index contributed by atoms with van der Waals surface area (Å²) in [5.41, 5.74) is 6.51. The van der Waals surface area contributed by atoms with E-state index in [1.807, 2.05) is 14.1 Å². The molecule has 3 N–H and O–H groups in total. The SMILES string of the molecule is CCCc1nc(CN(C)C)sc1C(=N)N. The van der Waals surface area contributed by atoms with Gasteiger partial charge in [-0.3, -0.25) is 5.41 Å². The fraction of sp³-hybridized carbons (Fsp3) is 0.600. The van der Waals surface area contributed by atoms with E-state index < -0.39 is 0 Å². The van der Waals surface area contributed by atoms with Crippen LogP contribution in [0.4, 0.5) is 0 Å². The Morgan fingerprint density at radius 1 is 1.53 bits per heavy atom. The molecule has 0 aliphatic heterocycles. The molecule has 0 saturated carbocycles. The quantitative estimate of drug-likeness (QED) is 0.590. The fourth-order valence-corrected chi connectivity index (χ4v) is 2.45. The second-order valence-electron chi connectivity index (χ2n) is 3.78. The van der Waals surface area contributed by atoms with Crippen LogP contribution >= 0.6 is 11.3 Å². The summed E-state index contributed by atoms with van der Waals surface area (Å²) in [5.74, 6) is 0.140. The number of aromatic nitrogens is 1. The molecule has 5 heteroatoms. The molecule has 0 unspecified atom stereocenters. The molecule has 0 atom stereocenters. The van der Waals surface area contributed by atoms with Crippen LogP contribution in [0.3, 0.4) is 0 Å². The van der Waals surface area contributed by atoms with E-state index in [0.29, 0.717) is 0 Å². The van der Waals surface area contributed by atoms with Gasteiger partial charge in [0.05, 0.1) is 10.6 Å². The summed E-state index contributed by atoms with van der Waals surface area (Å²) in [6, 6.07) is 0. The number of hydrogen-bond donors (Lipinski definition) is 2. The normalized spacial score (nSPS) is 10.9. The number of aryl methyl sites for hydroxylation is 1. The van der Waals surface area contributed by atoms with Crippen molar-refractivity contribution < 1.29 is 0 Å². The predicted molar refractivity (Wildman–Crippen MR) is 64.5 cm³/mol. The average molecular weight is 226 g/mol. The first-order valence-electron chi connectivity index (χ1n) is 5.02. The zero-order valence-corrected chi connectivity index (χ0v) is 10.3. The number of hydrogen-bond acceptors (Lipinski definition) is 4. The minimum absolute atomic E-state index is 0.140. The molecule has 1 rings (SSSR count). The average Bonchev–Trinajstić information content (AvgIpc) is 2.47. The van der Waals surface area contributed by atoms with Crippen LogP contribution in [-0.2, 0) is 13.0 Å². The number of nitrogens with one attached hydrogen (secondary N) is 1. The molecule has 1 aromatic heterocycles. The molecule has 0 aromatic carbocycles. The summed E-state index contributed by atoms with van der Waals surface area (Å²) in [7, 11) is 4.02. The van der Waals surface area contributed by atoms with Crippen LogP contribution in [0.25, 0.3) is 0 Å². The molecule has 0 aliphatic rings. The second-order valence-corrected chi connectivity index (χ2v) is 4.87. The van der Waals surface area contributed by atoms with E-state index in [4.69, 9.17) is 11.1 Å². The van der Waals surface area contributed by atoms with Gasteiger partial charge in [0, 0.05) is 6.54 Å². The van der Waals surface area contributed by atoms with Crippen molar-refractivity contribution in [3.63, 3.8) is 0 Å². The lowest BCUT2D eigenvalue weighted by molar-refractivity contribution is 0.401. The Labute approximate surface area is 94.6 Å². The topological polar surface area (TPSA) is 66.0 Å². The first-order valence-corrected chi connectivity index (χ1v) is 5.84. The standard InChI is InChI=1S/C10H18N4S/c1-4-5-7-9(10(11)12)15-8(13-7)6-14(2)3/h4-6H2,1-3H3,(H3,11,12). The third-order valence-corrected chi connectivity index (χ3v) is 3.04. The third-order valence-electron chi connectivity index (χ3n) is 1.92. The van der Waals surface area contributed by atoms with Crippen LogP contribution in [0.5, 0.6) is 0 Å². The second kappa shape index (κ2) is 5.23. The van der Waals surface area contributed by atoms with Gasteiger partial charge in [-0.1, -0.05) is 13.3 Å². The minimum Gasteiger partial charge on any atom is -0.383 e. The van der Waals surface area contributed by atoms with E-state index in [9.17, 15) is 0 Å². The van der Waals surface area contributed by atoms with Crippen LogP contribution in [0.15, 0.2) is 0 Å². The van der Waals surface area contributed by atoms with E-state index in [1.165, 1.54) is 11.3 Å². The molecule has 0 bridgehead atoms. The lowest BCUT2D eigenvalue weighted by atomic mass is 10.2. The number of amidine groups is 1. The highest BCUT2D eigenvalue weighted by Gasteiger charge is 2.12. The summed E-state index contributed by atoms with van der Waals surface area (Å²) in [6.07, 6.45) is 1.93. The van der Waals surface area contributed by atoms with Crippen LogP contribution < -0.4 is 5.73 Å². The summed E-state index contributed by atoms with van der Waals surface area (Å²) in [4.78, 5) is 7.43. The van der Waals surface area contributed by atoms with E-state index in [-0.39, 0.29) is 5.84 Å². The molecular formula is C10H18N4S. The Bertz CT molecular complexity index is 343. The van der Waals surface area contributed by atoms with Gasteiger partial charge in [0.25, 0.3) is 0 Å². The molecule has 1 aromatic rings. The van der Waals surface area contributed by atoms with Gasteiger partial charge in [-0.15, -0.1) is 11.3 Å². The van der Waals surface area contributed by atoms with Crippen LogP contribution in [0.2, 0.25) is 0 Å². The first kappa shape index (κ1) is 12.1. The maximum Gasteiger partial charge on any atom is 0.135 e. The lowest BCUT2D eigenvalue weighted by Gasteiger charge is -2.04. The van der Waals surface area contributed by atoms with Crippen molar-refractivity contribution in [1.82, 2.24) is 9.88 Å².